The molecule has 0 heterocycles. The SMILES string of the molecule is CC(C)(C)NC(=O)NC[C@H](NC(=O)c1c(Cl)cccc1Cl)C(=O)O. The van der Waals surface area contributed by atoms with Crippen molar-refractivity contribution >= 4 is 41.1 Å². The quantitative estimate of drug-likeness (QED) is 0.632. The molecule has 0 spiro atoms. The van der Waals surface area contributed by atoms with Crippen LogP contribution in [0.15, 0.2) is 18.2 Å². The molecule has 0 unspecified atom stereocenters. The van der Waals surface area contributed by atoms with Gasteiger partial charge in [0.2, 0.25) is 0 Å². The molecule has 0 aromatic heterocycles. The number of benzene rings is 1. The molecule has 0 aliphatic rings. The first-order valence-corrected chi connectivity index (χ1v) is 7.80. The zero-order valence-electron chi connectivity index (χ0n) is 13.4. The summed E-state index contributed by atoms with van der Waals surface area (Å²) in [7, 11) is 0. The predicted molar refractivity (Wildman–Crippen MR) is 91.6 cm³/mol. The molecule has 1 atom stereocenters. The average molecular weight is 376 g/mol. The number of aliphatic carboxylic acids is 1. The maximum atomic E-state index is 12.2. The Morgan fingerprint density at radius 3 is 2.17 bits per heavy atom. The van der Waals surface area contributed by atoms with E-state index >= 15 is 0 Å². The second-order valence-corrected chi connectivity index (χ2v) is 6.86. The number of carbonyl (C=O) groups excluding carboxylic acids is 2. The fourth-order valence-corrected chi connectivity index (χ4v) is 2.29. The number of amides is 3. The minimum atomic E-state index is -1.34. The molecule has 132 valence electrons. The van der Waals surface area contributed by atoms with Gasteiger partial charge in [-0.25, -0.2) is 9.59 Å². The zero-order chi connectivity index (χ0) is 18.5. The third-order valence-corrected chi connectivity index (χ3v) is 3.38. The third-order valence-electron chi connectivity index (χ3n) is 2.75. The van der Waals surface area contributed by atoms with Crippen molar-refractivity contribution in [2.45, 2.75) is 32.4 Å². The normalized spacial score (nSPS) is 12.2. The first-order chi connectivity index (χ1) is 11.0. The summed E-state index contributed by atoms with van der Waals surface area (Å²) in [6, 6.07) is 2.61. The van der Waals surface area contributed by atoms with E-state index in [4.69, 9.17) is 23.2 Å². The van der Waals surface area contributed by atoms with E-state index in [2.05, 4.69) is 16.0 Å². The molecule has 24 heavy (non-hydrogen) atoms. The molecular weight excluding hydrogens is 357 g/mol. The Bertz CT molecular complexity index is 624. The lowest BCUT2D eigenvalue weighted by atomic mass is 10.1. The molecule has 0 saturated heterocycles. The van der Waals surface area contributed by atoms with Crippen LogP contribution in [0.4, 0.5) is 4.79 Å². The van der Waals surface area contributed by atoms with Crippen molar-refractivity contribution in [2.75, 3.05) is 6.54 Å². The molecule has 0 fully saturated rings. The number of hydrogen-bond donors (Lipinski definition) is 4. The molecule has 0 saturated carbocycles. The molecule has 7 nitrogen and oxygen atoms in total. The highest BCUT2D eigenvalue weighted by molar-refractivity contribution is 6.39. The van der Waals surface area contributed by atoms with Crippen LogP contribution in [0.25, 0.3) is 0 Å². The van der Waals surface area contributed by atoms with Crippen molar-refractivity contribution in [3.63, 3.8) is 0 Å². The number of carbonyl (C=O) groups is 3. The summed E-state index contributed by atoms with van der Waals surface area (Å²) in [6.45, 7) is 5.04. The fraction of sp³-hybridized carbons (Fsp3) is 0.400. The highest BCUT2D eigenvalue weighted by atomic mass is 35.5. The molecule has 0 aliphatic heterocycles. The van der Waals surface area contributed by atoms with Crippen LogP contribution in [0, 0.1) is 0 Å². The zero-order valence-corrected chi connectivity index (χ0v) is 15.0. The largest absolute Gasteiger partial charge is 0.480 e. The standard InChI is InChI=1S/C15H19Cl2N3O4/c1-15(2,3)20-14(24)18-7-10(13(22)23)19-12(21)11-8(16)5-4-6-9(11)17/h4-6,10H,7H2,1-3H3,(H,19,21)(H,22,23)(H2,18,20,24)/t10-/m0/s1. The van der Waals surface area contributed by atoms with E-state index < -0.39 is 29.5 Å². The van der Waals surface area contributed by atoms with Crippen molar-refractivity contribution in [3.8, 4) is 0 Å². The smallest absolute Gasteiger partial charge is 0.328 e. The van der Waals surface area contributed by atoms with Crippen LogP contribution in [0.3, 0.4) is 0 Å². The Hall–Kier alpha value is -1.99. The van der Waals surface area contributed by atoms with Gasteiger partial charge in [-0.3, -0.25) is 4.79 Å². The lowest BCUT2D eigenvalue weighted by molar-refractivity contribution is -0.139. The monoisotopic (exact) mass is 375 g/mol. The molecule has 1 rings (SSSR count). The molecule has 3 amide bonds. The lowest BCUT2D eigenvalue weighted by Gasteiger charge is -2.22. The number of carboxylic acid groups (broad SMARTS) is 1. The molecule has 1 aromatic carbocycles. The minimum Gasteiger partial charge on any atom is -0.480 e. The summed E-state index contributed by atoms with van der Waals surface area (Å²) >= 11 is 11.8. The van der Waals surface area contributed by atoms with Crippen molar-refractivity contribution in [1.82, 2.24) is 16.0 Å². The van der Waals surface area contributed by atoms with E-state index in [-0.39, 0.29) is 22.2 Å². The van der Waals surface area contributed by atoms with E-state index in [9.17, 15) is 19.5 Å². The molecule has 0 radical (unpaired) electrons. The fourth-order valence-electron chi connectivity index (χ4n) is 1.72. The molecule has 4 N–H and O–H groups in total. The van der Waals surface area contributed by atoms with Gasteiger partial charge in [0.1, 0.15) is 6.04 Å². The summed E-state index contributed by atoms with van der Waals surface area (Å²) in [5.74, 6) is -2.04. The van der Waals surface area contributed by atoms with Gasteiger partial charge in [-0.05, 0) is 32.9 Å². The highest BCUT2D eigenvalue weighted by Crippen LogP contribution is 2.24. The Labute approximate surface area is 149 Å². The Morgan fingerprint density at radius 1 is 1.17 bits per heavy atom. The van der Waals surface area contributed by atoms with Crippen LogP contribution in [-0.4, -0.2) is 41.1 Å². The first-order valence-electron chi connectivity index (χ1n) is 7.05. The average Bonchev–Trinajstić information content (AvgIpc) is 2.40. The van der Waals surface area contributed by atoms with Gasteiger partial charge in [0.05, 0.1) is 22.2 Å². The Kier molecular flexibility index (Phi) is 6.86. The second kappa shape index (κ2) is 8.21. The van der Waals surface area contributed by atoms with E-state index in [0.29, 0.717) is 0 Å². The van der Waals surface area contributed by atoms with Crippen LogP contribution in [0.1, 0.15) is 31.1 Å². The summed E-state index contributed by atoms with van der Waals surface area (Å²) in [6.07, 6.45) is 0. The van der Waals surface area contributed by atoms with Crippen LogP contribution >= 0.6 is 23.2 Å². The minimum absolute atomic E-state index is 0.0220. The number of nitrogens with one attached hydrogen (secondary N) is 3. The van der Waals surface area contributed by atoms with E-state index in [0.717, 1.165) is 0 Å². The van der Waals surface area contributed by atoms with Crippen LogP contribution in [0.5, 0.6) is 0 Å². The lowest BCUT2D eigenvalue weighted by Crippen LogP contribution is -2.53. The van der Waals surface area contributed by atoms with E-state index in [1.54, 1.807) is 26.8 Å². The van der Waals surface area contributed by atoms with Crippen molar-refractivity contribution in [1.29, 1.82) is 0 Å². The number of carboxylic acids is 1. The first kappa shape index (κ1) is 20.1. The van der Waals surface area contributed by atoms with Crippen LogP contribution in [0.2, 0.25) is 10.0 Å². The third kappa shape index (κ3) is 6.25. The maximum absolute atomic E-state index is 12.2. The van der Waals surface area contributed by atoms with Gasteiger partial charge in [0.25, 0.3) is 5.91 Å². The van der Waals surface area contributed by atoms with Gasteiger partial charge in [-0.1, -0.05) is 29.3 Å². The number of halogens is 2. The molecule has 0 bridgehead atoms. The maximum Gasteiger partial charge on any atom is 0.328 e. The van der Waals surface area contributed by atoms with E-state index in [1.807, 2.05) is 0 Å². The van der Waals surface area contributed by atoms with Gasteiger partial charge >= 0.3 is 12.0 Å². The number of urea groups is 1. The van der Waals surface area contributed by atoms with Crippen molar-refractivity contribution < 1.29 is 19.5 Å². The summed E-state index contributed by atoms with van der Waals surface area (Å²) < 4.78 is 0. The summed E-state index contributed by atoms with van der Waals surface area (Å²) in [5, 5.41) is 16.7. The van der Waals surface area contributed by atoms with Gasteiger partial charge in [-0.15, -0.1) is 0 Å². The van der Waals surface area contributed by atoms with Crippen molar-refractivity contribution in [2.24, 2.45) is 0 Å². The van der Waals surface area contributed by atoms with Crippen LogP contribution in [-0.2, 0) is 4.79 Å². The molecule has 9 heteroatoms. The summed E-state index contributed by atoms with van der Waals surface area (Å²) in [4.78, 5) is 35.2. The topological polar surface area (TPSA) is 108 Å². The molecule has 0 aliphatic carbocycles. The number of hydrogen-bond acceptors (Lipinski definition) is 3. The molecular formula is C15H19Cl2N3O4. The van der Waals surface area contributed by atoms with E-state index in [1.165, 1.54) is 12.1 Å². The Morgan fingerprint density at radius 2 is 1.71 bits per heavy atom. The number of rotatable bonds is 5. The van der Waals surface area contributed by atoms with Crippen LogP contribution < -0.4 is 16.0 Å². The van der Waals surface area contributed by atoms with Gasteiger partial charge in [0, 0.05) is 5.54 Å². The van der Waals surface area contributed by atoms with Gasteiger partial charge in [-0.2, -0.15) is 0 Å². The van der Waals surface area contributed by atoms with Gasteiger partial charge in [0.15, 0.2) is 0 Å². The second-order valence-electron chi connectivity index (χ2n) is 6.05. The Balaban J connectivity index is 2.75. The van der Waals surface area contributed by atoms with Crippen molar-refractivity contribution in [3.05, 3.63) is 33.8 Å². The highest BCUT2D eigenvalue weighted by Gasteiger charge is 2.24. The summed E-state index contributed by atoms with van der Waals surface area (Å²) in [5.41, 5.74) is -0.497. The van der Waals surface area contributed by atoms with Gasteiger partial charge < -0.3 is 21.1 Å². The predicted octanol–water partition coefficient (Wildman–Crippen LogP) is 2.27. The molecule has 1 aromatic rings.